The number of benzene rings is 1. The van der Waals surface area contributed by atoms with Crippen molar-refractivity contribution in [1.82, 2.24) is 5.32 Å². The molecule has 0 saturated carbocycles. The molecule has 0 radical (unpaired) electrons. The van der Waals surface area contributed by atoms with Crippen molar-refractivity contribution in [2.24, 2.45) is 0 Å². The fourth-order valence-corrected chi connectivity index (χ4v) is 2.46. The van der Waals surface area contributed by atoms with E-state index in [4.69, 9.17) is 8.83 Å². The first kappa shape index (κ1) is 16.1. The zero-order chi connectivity index (χ0) is 16.9. The topological polar surface area (TPSA) is 75.6 Å². The number of furan rings is 2. The first-order valence-corrected chi connectivity index (χ1v) is 7.76. The lowest BCUT2D eigenvalue weighted by atomic mass is 10.1. The zero-order valence-corrected chi connectivity index (χ0v) is 13.4. The van der Waals surface area contributed by atoms with Crippen LogP contribution >= 0.6 is 0 Å². The van der Waals surface area contributed by atoms with Gasteiger partial charge in [-0.05, 0) is 36.8 Å². The lowest BCUT2D eigenvalue weighted by Crippen LogP contribution is -2.29. The van der Waals surface area contributed by atoms with Gasteiger partial charge in [0.2, 0.25) is 5.91 Å². The summed E-state index contributed by atoms with van der Waals surface area (Å²) in [6.45, 7) is 2.08. The molecular weight excluding hydrogens is 306 g/mol. The number of carbonyl (C=O) groups is 1. The van der Waals surface area contributed by atoms with E-state index in [1.54, 1.807) is 30.5 Å². The van der Waals surface area contributed by atoms with Crippen molar-refractivity contribution in [3.8, 4) is 11.5 Å². The van der Waals surface area contributed by atoms with Gasteiger partial charge in [0.1, 0.15) is 11.9 Å². The highest BCUT2D eigenvalue weighted by Gasteiger charge is 2.15. The summed E-state index contributed by atoms with van der Waals surface area (Å²) in [7, 11) is 0. The Labute approximate surface area is 139 Å². The second kappa shape index (κ2) is 7.19. The number of hydrogen-bond donors (Lipinski definition) is 2. The summed E-state index contributed by atoms with van der Waals surface area (Å²) in [5.74, 6) is 1.38. The van der Waals surface area contributed by atoms with Crippen LogP contribution in [0.2, 0.25) is 0 Å². The molecule has 1 unspecified atom stereocenters. The fourth-order valence-electron chi connectivity index (χ4n) is 2.46. The van der Waals surface area contributed by atoms with E-state index in [0.717, 1.165) is 11.1 Å². The van der Waals surface area contributed by atoms with Gasteiger partial charge in [0.05, 0.1) is 19.2 Å². The molecule has 0 fully saturated rings. The van der Waals surface area contributed by atoms with Crippen molar-refractivity contribution in [2.75, 3.05) is 6.54 Å². The first-order valence-electron chi connectivity index (χ1n) is 7.76. The molecule has 0 aliphatic carbocycles. The molecule has 1 atom stereocenters. The van der Waals surface area contributed by atoms with E-state index >= 15 is 0 Å². The van der Waals surface area contributed by atoms with Crippen LogP contribution in [0.4, 0.5) is 0 Å². The summed E-state index contributed by atoms with van der Waals surface area (Å²) in [5, 5.41) is 12.9. The Hall–Kier alpha value is -2.79. The van der Waals surface area contributed by atoms with Crippen molar-refractivity contribution in [1.29, 1.82) is 0 Å². The smallest absolute Gasteiger partial charge is 0.224 e. The maximum absolute atomic E-state index is 12.0. The SMILES string of the molecule is Cc1cccc(CC(=O)NCC(O)c2ccc(-c3ccco3)o2)c1. The van der Waals surface area contributed by atoms with Crippen LogP contribution in [-0.2, 0) is 11.2 Å². The molecule has 0 aliphatic heterocycles. The highest BCUT2D eigenvalue weighted by Crippen LogP contribution is 2.25. The summed E-state index contributed by atoms with van der Waals surface area (Å²) in [5.41, 5.74) is 2.06. The summed E-state index contributed by atoms with van der Waals surface area (Å²) >= 11 is 0. The van der Waals surface area contributed by atoms with Crippen LogP contribution in [0.15, 0.2) is 63.6 Å². The number of nitrogens with one attached hydrogen (secondary N) is 1. The van der Waals surface area contributed by atoms with Crippen LogP contribution in [0.3, 0.4) is 0 Å². The van der Waals surface area contributed by atoms with Crippen molar-refractivity contribution in [3.63, 3.8) is 0 Å². The maximum atomic E-state index is 12.0. The van der Waals surface area contributed by atoms with Gasteiger partial charge in [-0.3, -0.25) is 4.79 Å². The molecule has 0 aliphatic rings. The highest BCUT2D eigenvalue weighted by molar-refractivity contribution is 5.78. The minimum absolute atomic E-state index is 0.0930. The van der Waals surface area contributed by atoms with E-state index in [1.165, 1.54) is 0 Å². The van der Waals surface area contributed by atoms with E-state index in [9.17, 15) is 9.90 Å². The van der Waals surface area contributed by atoms with Crippen LogP contribution in [0.5, 0.6) is 0 Å². The Bertz CT molecular complexity index is 804. The number of aliphatic hydroxyl groups excluding tert-OH is 1. The summed E-state index contributed by atoms with van der Waals surface area (Å²) in [6, 6.07) is 14.7. The van der Waals surface area contributed by atoms with Crippen molar-refractivity contribution < 1.29 is 18.7 Å². The Balaban J connectivity index is 1.53. The van der Waals surface area contributed by atoms with Gasteiger partial charge in [0.15, 0.2) is 11.5 Å². The van der Waals surface area contributed by atoms with Gasteiger partial charge < -0.3 is 19.3 Å². The average molecular weight is 325 g/mol. The molecule has 0 spiro atoms. The number of rotatable bonds is 6. The van der Waals surface area contributed by atoms with Crippen LogP contribution in [-0.4, -0.2) is 17.6 Å². The van der Waals surface area contributed by atoms with Crippen molar-refractivity contribution in [3.05, 3.63) is 71.7 Å². The zero-order valence-electron chi connectivity index (χ0n) is 13.4. The molecule has 24 heavy (non-hydrogen) atoms. The predicted octanol–water partition coefficient (Wildman–Crippen LogP) is 3.24. The summed E-state index contributed by atoms with van der Waals surface area (Å²) in [4.78, 5) is 12.0. The lowest BCUT2D eigenvalue weighted by Gasteiger charge is -2.10. The number of hydrogen-bond acceptors (Lipinski definition) is 4. The van der Waals surface area contributed by atoms with Gasteiger partial charge in [-0.15, -0.1) is 0 Å². The van der Waals surface area contributed by atoms with Crippen molar-refractivity contribution >= 4 is 5.91 Å². The third kappa shape index (κ3) is 3.94. The van der Waals surface area contributed by atoms with E-state index in [2.05, 4.69) is 5.32 Å². The van der Waals surface area contributed by atoms with E-state index < -0.39 is 6.10 Å². The van der Waals surface area contributed by atoms with E-state index in [0.29, 0.717) is 17.3 Å². The van der Waals surface area contributed by atoms with Crippen LogP contribution in [0.1, 0.15) is 23.0 Å². The van der Waals surface area contributed by atoms with Gasteiger partial charge in [0.25, 0.3) is 0 Å². The molecule has 124 valence electrons. The summed E-state index contributed by atoms with van der Waals surface area (Å²) < 4.78 is 10.8. The van der Waals surface area contributed by atoms with Crippen molar-refractivity contribution in [2.45, 2.75) is 19.4 Å². The molecule has 5 heteroatoms. The number of aryl methyl sites for hydroxylation is 1. The minimum Gasteiger partial charge on any atom is -0.461 e. The predicted molar refractivity (Wildman–Crippen MR) is 89.3 cm³/mol. The van der Waals surface area contributed by atoms with Gasteiger partial charge >= 0.3 is 0 Å². The molecular formula is C19H19NO4. The standard InChI is InChI=1S/C19H19NO4/c1-13-4-2-5-14(10-13)11-19(22)20-12-15(21)16-7-8-18(24-16)17-6-3-9-23-17/h2-10,15,21H,11-12H2,1H3,(H,20,22). The van der Waals surface area contributed by atoms with Gasteiger partial charge in [-0.2, -0.15) is 0 Å². The number of aliphatic hydroxyl groups is 1. The molecule has 3 rings (SSSR count). The lowest BCUT2D eigenvalue weighted by molar-refractivity contribution is -0.120. The Morgan fingerprint density at radius 2 is 2.04 bits per heavy atom. The highest BCUT2D eigenvalue weighted by atomic mass is 16.4. The Morgan fingerprint density at radius 3 is 2.79 bits per heavy atom. The largest absolute Gasteiger partial charge is 0.461 e. The summed E-state index contributed by atoms with van der Waals surface area (Å²) in [6.07, 6.45) is 0.930. The molecule has 3 aromatic rings. The molecule has 0 bridgehead atoms. The molecule has 2 N–H and O–H groups in total. The van der Waals surface area contributed by atoms with Gasteiger partial charge in [-0.1, -0.05) is 29.8 Å². The molecule has 2 heterocycles. The molecule has 2 aromatic heterocycles. The second-order valence-corrected chi connectivity index (χ2v) is 5.67. The quantitative estimate of drug-likeness (QED) is 0.729. The number of carbonyl (C=O) groups excluding carboxylic acids is 1. The van der Waals surface area contributed by atoms with Gasteiger partial charge in [0, 0.05) is 0 Å². The Morgan fingerprint density at radius 1 is 1.17 bits per heavy atom. The maximum Gasteiger partial charge on any atom is 0.224 e. The van der Waals surface area contributed by atoms with E-state index in [1.807, 2.05) is 31.2 Å². The van der Waals surface area contributed by atoms with Crippen LogP contribution < -0.4 is 5.32 Å². The third-order valence-electron chi connectivity index (χ3n) is 3.66. The molecule has 5 nitrogen and oxygen atoms in total. The second-order valence-electron chi connectivity index (χ2n) is 5.67. The molecule has 1 amide bonds. The van der Waals surface area contributed by atoms with Gasteiger partial charge in [-0.25, -0.2) is 0 Å². The minimum atomic E-state index is -0.907. The average Bonchev–Trinajstić information content (AvgIpc) is 3.23. The monoisotopic (exact) mass is 325 g/mol. The Kier molecular flexibility index (Phi) is 4.82. The normalized spacial score (nSPS) is 12.1. The molecule has 1 aromatic carbocycles. The van der Waals surface area contributed by atoms with Crippen LogP contribution in [0, 0.1) is 6.92 Å². The number of amides is 1. The first-order chi connectivity index (χ1) is 11.6. The third-order valence-corrected chi connectivity index (χ3v) is 3.66. The fraction of sp³-hybridized carbons (Fsp3) is 0.211. The van der Waals surface area contributed by atoms with Crippen LogP contribution in [0.25, 0.3) is 11.5 Å². The van der Waals surface area contributed by atoms with E-state index in [-0.39, 0.29) is 18.9 Å². The molecule has 0 saturated heterocycles.